The average Bonchev–Trinajstić information content (AvgIpc) is 2.86. The van der Waals surface area contributed by atoms with Crippen LogP contribution < -0.4 is 0 Å². The highest BCUT2D eigenvalue weighted by atomic mass is 28.3. The summed E-state index contributed by atoms with van der Waals surface area (Å²) in [6.45, 7) is 19.5. The molecule has 0 spiro atoms. The lowest BCUT2D eigenvalue weighted by Gasteiger charge is -2.45. The van der Waals surface area contributed by atoms with Crippen LogP contribution >= 0.6 is 0 Å². The van der Waals surface area contributed by atoms with Crippen LogP contribution in [-0.2, 0) is 23.5 Å². The molecule has 6 heteroatoms. The van der Waals surface area contributed by atoms with Gasteiger partial charge in [0, 0.05) is 11.8 Å². The van der Waals surface area contributed by atoms with Crippen LogP contribution in [-0.4, -0.2) is 39.3 Å². The Kier molecular flexibility index (Phi) is 10.5. The molecule has 0 aromatic rings. The Morgan fingerprint density at radius 2 is 1.82 bits per heavy atom. The van der Waals surface area contributed by atoms with Gasteiger partial charge in [0.1, 0.15) is 18.3 Å². The van der Waals surface area contributed by atoms with E-state index in [1.165, 1.54) is 5.57 Å². The maximum absolute atomic E-state index is 13.4. The Labute approximate surface area is 233 Å². The van der Waals surface area contributed by atoms with Crippen molar-refractivity contribution in [2.24, 2.45) is 34.5 Å². The molecule has 3 rings (SSSR count). The molecule has 1 unspecified atom stereocenters. The van der Waals surface area contributed by atoms with Crippen LogP contribution in [0.15, 0.2) is 23.8 Å². The smallest absolute Gasteiger partial charge is 0.334 e. The molecule has 3 aliphatic rings. The van der Waals surface area contributed by atoms with Gasteiger partial charge >= 0.3 is 11.9 Å². The Hall–Kier alpha value is -1.40. The maximum atomic E-state index is 13.4. The van der Waals surface area contributed by atoms with Crippen molar-refractivity contribution in [3.63, 3.8) is 0 Å². The first-order valence-electron chi connectivity index (χ1n) is 15.3. The van der Waals surface area contributed by atoms with E-state index >= 15 is 0 Å². The number of hydrogen-bond donors (Lipinski definition) is 0. The first kappa shape index (κ1) is 31.1. The molecular weight excluding hydrogens is 492 g/mol. The SMILES string of the molecule is CCC(CC)(CC)C(=O)O[C@H]1CCC=C2C=CC[C@@H]([C@@H](C)C[C@@H]3C[C@H](C(C)(C)C)C(O[SiH](C)C)C(=O)O3)[C@H]21. The van der Waals surface area contributed by atoms with E-state index in [9.17, 15) is 9.59 Å². The van der Waals surface area contributed by atoms with Gasteiger partial charge in [-0.15, -0.1) is 0 Å². The molecular formula is C32H54O5Si. The Balaban J connectivity index is 1.77. The predicted molar refractivity (Wildman–Crippen MR) is 156 cm³/mol. The van der Waals surface area contributed by atoms with Gasteiger partial charge in [-0.1, -0.05) is 66.7 Å². The van der Waals surface area contributed by atoms with Gasteiger partial charge in [-0.3, -0.25) is 4.79 Å². The first-order chi connectivity index (χ1) is 17.9. The van der Waals surface area contributed by atoms with E-state index in [0.29, 0.717) is 11.8 Å². The normalized spacial score (nSPS) is 30.9. The van der Waals surface area contributed by atoms with E-state index < -0.39 is 15.1 Å². The zero-order chi connectivity index (χ0) is 28.3. The third kappa shape index (κ3) is 6.83. The van der Waals surface area contributed by atoms with Crippen molar-refractivity contribution in [1.29, 1.82) is 0 Å². The van der Waals surface area contributed by atoms with Crippen LogP contribution in [0.25, 0.3) is 0 Å². The minimum Gasteiger partial charge on any atom is -0.461 e. The summed E-state index contributed by atoms with van der Waals surface area (Å²) in [6.07, 6.45) is 13.1. The van der Waals surface area contributed by atoms with Crippen LogP contribution in [0.1, 0.15) is 99.8 Å². The predicted octanol–water partition coefficient (Wildman–Crippen LogP) is 7.40. The average molecular weight is 547 g/mol. The Morgan fingerprint density at radius 1 is 1.16 bits per heavy atom. The zero-order valence-electron chi connectivity index (χ0n) is 25.5. The highest BCUT2D eigenvalue weighted by molar-refractivity contribution is 6.48. The molecule has 0 saturated carbocycles. The van der Waals surface area contributed by atoms with Crippen molar-refractivity contribution in [1.82, 2.24) is 0 Å². The van der Waals surface area contributed by atoms with Gasteiger partial charge in [0.2, 0.25) is 0 Å². The van der Waals surface area contributed by atoms with Gasteiger partial charge < -0.3 is 13.9 Å². The standard InChI is InChI=1S/C32H54O5Si/c1-10-32(11-2,12-3)30(34)36-26-18-14-16-22-15-13-17-24(27(22)26)21(4)19-23-20-25(31(5,6)7)28(29(33)35-23)37-38(8)9/h13,15-16,21,23-28,38H,10-12,14,17-20H2,1-9H3/t21-,23+,24-,25-,26-,27-,28?/m0/s1. The number of rotatable bonds is 10. The van der Waals surface area contributed by atoms with Crippen molar-refractivity contribution in [3.8, 4) is 0 Å². The quantitative estimate of drug-likeness (QED) is 0.211. The summed E-state index contributed by atoms with van der Waals surface area (Å²) in [5, 5.41) is 0. The summed E-state index contributed by atoms with van der Waals surface area (Å²) in [5.74, 6) is 0.830. The molecule has 38 heavy (non-hydrogen) atoms. The molecule has 1 saturated heterocycles. The van der Waals surface area contributed by atoms with Crippen molar-refractivity contribution in [2.75, 3.05) is 0 Å². The Bertz CT molecular complexity index is 873. The minimum atomic E-state index is -1.38. The van der Waals surface area contributed by atoms with Gasteiger partial charge in [0.15, 0.2) is 9.04 Å². The fourth-order valence-corrected chi connectivity index (χ4v) is 8.04. The number of carbonyl (C=O) groups is 2. The van der Waals surface area contributed by atoms with Crippen molar-refractivity contribution in [3.05, 3.63) is 23.8 Å². The molecule has 216 valence electrons. The fourth-order valence-electron chi connectivity index (χ4n) is 7.15. The molecule has 2 aliphatic carbocycles. The summed E-state index contributed by atoms with van der Waals surface area (Å²) < 4.78 is 18.6. The lowest BCUT2D eigenvalue weighted by molar-refractivity contribution is -0.178. The molecule has 0 N–H and O–H groups in total. The minimum absolute atomic E-state index is 0.0221. The second-order valence-corrected chi connectivity index (χ2v) is 15.8. The van der Waals surface area contributed by atoms with E-state index in [-0.39, 0.29) is 46.8 Å². The molecule has 1 heterocycles. The van der Waals surface area contributed by atoms with E-state index in [2.05, 4.69) is 79.8 Å². The lowest BCUT2D eigenvalue weighted by Crippen LogP contribution is -2.50. The maximum Gasteiger partial charge on any atom is 0.334 e. The van der Waals surface area contributed by atoms with Gasteiger partial charge in [-0.2, -0.15) is 0 Å². The second-order valence-electron chi connectivity index (χ2n) is 13.5. The molecule has 1 fully saturated rings. The van der Waals surface area contributed by atoms with Gasteiger partial charge in [0.25, 0.3) is 0 Å². The van der Waals surface area contributed by atoms with Gasteiger partial charge in [-0.05, 0) is 87.3 Å². The third-order valence-electron chi connectivity index (χ3n) is 9.81. The summed E-state index contributed by atoms with van der Waals surface area (Å²) in [4.78, 5) is 26.6. The zero-order valence-corrected chi connectivity index (χ0v) is 26.7. The number of hydrogen-bond acceptors (Lipinski definition) is 5. The first-order valence-corrected chi connectivity index (χ1v) is 18.1. The third-order valence-corrected chi connectivity index (χ3v) is 10.6. The molecule has 0 bridgehead atoms. The van der Waals surface area contributed by atoms with Crippen LogP contribution in [0.5, 0.6) is 0 Å². The second kappa shape index (κ2) is 12.8. The summed E-state index contributed by atoms with van der Waals surface area (Å²) in [7, 11) is -1.38. The van der Waals surface area contributed by atoms with E-state index in [4.69, 9.17) is 13.9 Å². The number of ether oxygens (including phenoxy) is 2. The number of carbonyl (C=O) groups excluding carboxylic acids is 2. The van der Waals surface area contributed by atoms with Crippen molar-refractivity contribution in [2.45, 2.75) is 131 Å². The van der Waals surface area contributed by atoms with Crippen LogP contribution in [0, 0.1) is 34.5 Å². The largest absolute Gasteiger partial charge is 0.461 e. The molecule has 0 aromatic carbocycles. The summed E-state index contributed by atoms with van der Waals surface area (Å²) in [6, 6.07) is 0. The lowest BCUT2D eigenvalue weighted by atomic mass is 9.66. The molecule has 0 radical (unpaired) electrons. The molecule has 7 atom stereocenters. The van der Waals surface area contributed by atoms with Crippen molar-refractivity contribution >= 4 is 21.0 Å². The van der Waals surface area contributed by atoms with Crippen LogP contribution in [0.4, 0.5) is 0 Å². The monoisotopic (exact) mass is 546 g/mol. The summed E-state index contributed by atoms with van der Waals surface area (Å²) >= 11 is 0. The molecule has 0 amide bonds. The molecule has 0 aromatic heterocycles. The number of fused-ring (bicyclic) bond motifs is 1. The van der Waals surface area contributed by atoms with E-state index in [1.807, 2.05) is 0 Å². The Morgan fingerprint density at radius 3 is 2.39 bits per heavy atom. The van der Waals surface area contributed by atoms with E-state index in [1.54, 1.807) is 0 Å². The van der Waals surface area contributed by atoms with Gasteiger partial charge in [0.05, 0.1) is 5.41 Å². The van der Waals surface area contributed by atoms with Crippen molar-refractivity contribution < 1.29 is 23.5 Å². The highest BCUT2D eigenvalue weighted by Crippen LogP contribution is 2.46. The van der Waals surface area contributed by atoms with Crippen LogP contribution in [0.3, 0.4) is 0 Å². The topological polar surface area (TPSA) is 61.8 Å². The number of cyclic esters (lactones) is 1. The number of esters is 2. The summed E-state index contributed by atoms with van der Waals surface area (Å²) in [5.41, 5.74) is 0.893. The van der Waals surface area contributed by atoms with Gasteiger partial charge in [-0.25, -0.2) is 4.79 Å². The fraction of sp³-hybridized carbons (Fsp3) is 0.812. The molecule has 5 nitrogen and oxygen atoms in total. The van der Waals surface area contributed by atoms with E-state index in [0.717, 1.165) is 51.4 Å². The van der Waals surface area contributed by atoms with Crippen LogP contribution in [0.2, 0.25) is 13.1 Å². The highest BCUT2D eigenvalue weighted by Gasteiger charge is 2.47. The molecule has 1 aliphatic heterocycles. The number of allylic oxidation sites excluding steroid dienone is 3.